The molecule has 0 aliphatic rings. The van der Waals surface area contributed by atoms with E-state index in [0.717, 1.165) is 0 Å². The second-order valence-corrected chi connectivity index (χ2v) is 8.69. The predicted molar refractivity (Wildman–Crippen MR) is 133 cm³/mol. The number of halogens is 2. The van der Waals surface area contributed by atoms with Crippen molar-refractivity contribution in [2.45, 2.75) is 26.8 Å². The highest BCUT2D eigenvalue weighted by Crippen LogP contribution is 2.36. The van der Waals surface area contributed by atoms with Crippen molar-refractivity contribution in [3.8, 4) is 11.5 Å². The van der Waals surface area contributed by atoms with Gasteiger partial charge in [0.05, 0.1) is 27.9 Å². The number of hydrogen-bond donors (Lipinski definition) is 3. The Labute approximate surface area is 211 Å². The fraction of sp³-hybridized carbons (Fsp3) is 0.304. The molecular weight excluding hydrogens is 528 g/mol. The maximum Gasteiger partial charge on any atom is 0.262 e. The maximum atomic E-state index is 12.7. The molecule has 0 bridgehead atoms. The number of benzene rings is 2. The van der Waals surface area contributed by atoms with Gasteiger partial charge < -0.3 is 20.5 Å². The van der Waals surface area contributed by atoms with Crippen molar-refractivity contribution in [3.63, 3.8) is 0 Å². The van der Waals surface area contributed by atoms with Crippen LogP contribution in [0.2, 0.25) is 5.02 Å². The van der Waals surface area contributed by atoms with Crippen LogP contribution in [-0.2, 0) is 9.59 Å². The number of nitrogens with one attached hydrogen (secondary N) is 2. The van der Waals surface area contributed by atoms with Crippen molar-refractivity contribution in [2.75, 3.05) is 13.2 Å². The molecule has 3 amide bonds. The predicted octanol–water partition coefficient (Wildman–Crippen LogP) is 3.27. The summed E-state index contributed by atoms with van der Waals surface area (Å²) in [5.74, 6) is -1.08. The third kappa shape index (κ3) is 7.74. The summed E-state index contributed by atoms with van der Waals surface area (Å²) in [4.78, 5) is 36.3. The van der Waals surface area contributed by atoms with Crippen LogP contribution in [0.15, 0.2) is 46.0 Å². The lowest BCUT2D eigenvalue weighted by molar-refractivity contribution is -0.124. The van der Waals surface area contributed by atoms with E-state index in [1.165, 1.54) is 6.21 Å². The van der Waals surface area contributed by atoms with E-state index >= 15 is 0 Å². The Morgan fingerprint density at radius 1 is 1.21 bits per heavy atom. The topological polar surface area (TPSA) is 132 Å². The summed E-state index contributed by atoms with van der Waals surface area (Å²) in [6, 6.07) is 9.06. The fourth-order valence-corrected chi connectivity index (χ4v) is 3.64. The number of carbonyl (C=O) groups excluding carboxylic acids is 3. The number of hydrazone groups is 1. The van der Waals surface area contributed by atoms with Gasteiger partial charge in [0.25, 0.3) is 17.7 Å². The first-order chi connectivity index (χ1) is 16.1. The van der Waals surface area contributed by atoms with Crippen LogP contribution in [0.25, 0.3) is 0 Å². The molecule has 1 unspecified atom stereocenters. The van der Waals surface area contributed by atoms with Crippen LogP contribution >= 0.6 is 27.5 Å². The lowest BCUT2D eigenvalue weighted by Gasteiger charge is -2.20. The molecule has 0 saturated heterocycles. The van der Waals surface area contributed by atoms with E-state index in [9.17, 15) is 14.4 Å². The Kier molecular flexibility index (Phi) is 10.3. The largest absolute Gasteiger partial charge is 0.490 e. The molecular formula is C23H26BrClN4O5. The van der Waals surface area contributed by atoms with E-state index in [1.807, 2.05) is 0 Å². The Morgan fingerprint density at radius 2 is 1.91 bits per heavy atom. The number of rotatable bonds is 11. The zero-order chi connectivity index (χ0) is 25.3. The van der Waals surface area contributed by atoms with Gasteiger partial charge in [0, 0.05) is 0 Å². The highest BCUT2D eigenvalue weighted by atomic mass is 79.9. The minimum absolute atomic E-state index is 0.206. The second-order valence-electron chi connectivity index (χ2n) is 7.43. The average molecular weight is 554 g/mol. The highest BCUT2D eigenvalue weighted by Gasteiger charge is 2.25. The minimum Gasteiger partial charge on any atom is -0.490 e. The van der Waals surface area contributed by atoms with Crippen LogP contribution in [0.4, 0.5) is 0 Å². The van der Waals surface area contributed by atoms with Gasteiger partial charge in [-0.05, 0) is 58.6 Å². The summed E-state index contributed by atoms with van der Waals surface area (Å²) in [5, 5.41) is 6.98. The van der Waals surface area contributed by atoms with Gasteiger partial charge in [0.1, 0.15) is 6.04 Å². The smallest absolute Gasteiger partial charge is 0.262 e. The fourth-order valence-electron chi connectivity index (χ4n) is 2.85. The number of ether oxygens (including phenoxy) is 2. The summed E-state index contributed by atoms with van der Waals surface area (Å²) < 4.78 is 11.5. The SMILES string of the molecule is CCOc1cc(/C=N/NC(=O)C(NC(=O)c2ccccc2Cl)C(C)C)cc(Br)c1OCC(N)=O. The normalized spacial score (nSPS) is 11.8. The number of carbonyl (C=O) groups is 3. The van der Waals surface area contributed by atoms with Crippen molar-refractivity contribution in [3.05, 3.63) is 57.0 Å². The molecule has 34 heavy (non-hydrogen) atoms. The quantitative estimate of drug-likeness (QED) is 0.290. The zero-order valence-electron chi connectivity index (χ0n) is 18.9. The average Bonchev–Trinajstić information content (AvgIpc) is 2.76. The highest BCUT2D eigenvalue weighted by molar-refractivity contribution is 9.10. The number of nitrogens with zero attached hydrogens (tertiary/aromatic N) is 1. The number of hydrogen-bond acceptors (Lipinski definition) is 6. The first-order valence-electron chi connectivity index (χ1n) is 10.4. The van der Waals surface area contributed by atoms with Crippen molar-refractivity contribution < 1.29 is 23.9 Å². The van der Waals surface area contributed by atoms with E-state index in [2.05, 4.69) is 31.8 Å². The van der Waals surface area contributed by atoms with Crippen molar-refractivity contribution in [1.82, 2.24) is 10.7 Å². The summed E-state index contributed by atoms with van der Waals surface area (Å²) in [6.07, 6.45) is 1.41. The molecule has 11 heteroatoms. The zero-order valence-corrected chi connectivity index (χ0v) is 21.3. The van der Waals surface area contributed by atoms with Crippen molar-refractivity contribution in [1.29, 1.82) is 0 Å². The second kappa shape index (κ2) is 13.0. The summed E-state index contributed by atoms with van der Waals surface area (Å²) in [7, 11) is 0. The molecule has 0 fully saturated rings. The molecule has 0 radical (unpaired) electrons. The van der Waals surface area contributed by atoms with Crippen LogP contribution in [0.5, 0.6) is 11.5 Å². The number of primary amides is 1. The molecule has 2 aromatic carbocycles. The van der Waals surface area contributed by atoms with Gasteiger partial charge in [-0.1, -0.05) is 37.6 Å². The van der Waals surface area contributed by atoms with Crippen molar-refractivity contribution in [2.24, 2.45) is 16.8 Å². The number of nitrogens with two attached hydrogens (primary N) is 1. The Morgan fingerprint density at radius 3 is 2.53 bits per heavy atom. The lowest BCUT2D eigenvalue weighted by Crippen LogP contribution is -2.48. The van der Waals surface area contributed by atoms with Crippen LogP contribution in [0.3, 0.4) is 0 Å². The first-order valence-corrected chi connectivity index (χ1v) is 11.6. The molecule has 0 heterocycles. The van der Waals surface area contributed by atoms with Crippen LogP contribution < -0.4 is 25.9 Å². The number of amides is 3. The van der Waals surface area contributed by atoms with Gasteiger partial charge in [0.15, 0.2) is 18.1 Å². The molecule has 0 spiro atoms. The summed E-state index contributed by atoms with van der Waals surface area (Å²) >= 11 is 9.45. The molecule has 0 aliphatic heterocycles. The lowest BCUT2D eigenvalue weighted by atomic mass is 10.0. The molecule has 2 aromatic rings. The van der Waals surface area contributed by atoms with Gasteiger partial charge >= 0.3 is 0 Å². The standard InChI is InChI=1S/C23H26BrClN4O5/c1-4-33-18-10-14(9-16(24)21(18)34-12-19(26)30)11-27-29-23(32)20(13(2)3)28-22(31)15-7-5-6-8-17(15)25/h5-11,13,20H,4,12H2,1-3H3,(H2,26,30)(H,28,31)(H,29,32)/b27-11+. The molecule has 0 aromatic heterocycles. The van der Waals surface area contributed by atoms with E-state index in [1.54, 1.807) is 57.2 Å². The minimum atomic E-state index is -0.837. The van der Waals surface area contributed by atoms with Crippen molar-refractivity contribution >= 4 is 51.5 Å². The molecule has 9 nitrogen and oxygen atoms in total. The molecule has 1 atom stereocenters. The molecule has 0 aliphatic carbocycles. The first kappa shape index (κ1) is 27.1. The van der Waals surface area contributed by atoms with Crippen LogP contribution in [-0.4, -0.2) is 43.2 Å². The van der Waals surface area contributed by atoms with Gasteiger partial charge in [-0.15, -0.1) is 0 Å². The van der Waals surface area contributed by atoms with Crippen LogP contribution in [0.1, 0.15) is 36.7 Å². The monoisotopic (exact) mass is 552 g/mol. The van der Waals surface area contributed by atoms with Gasteiger partial charge in [-0.25, -0.2) is 5.43 Å². The molecule has 0 saturated carbocycles. The van der Waals surface area contributed by atoms with Gasteiger partial charge in [-0.2, -0.15) is 5.10 Å². The molecule has 2 rings (SSSR count). The Balaban J connectivity index is 2.12. The summed E-state index contributed by atoms with van der Waals surface area (Å²) in [6.45, 7) is 5.46. The van der Waals surface area contributed by atoms with Crippen LogP contribution in [0, 0.1) is 5.92 Å². The third-order valence-corrected chi connectivity index (χ3v) is 5.35. The maximum absolute atomic E-state index is 12.7. The van der Waals surface area contributed by atoms with Gasteiger partial charge in [0.2, 0.25) is 0 Å². The summed E-state index contributed by atoms with van der Waals surface area (Å²) in [5.41, 5.74) is 8.45. The van der Waals surface area contributed by atoms with Gasteiger partial charge in [-0.3, -0.25) is 14.4 Å². The van der Waals surface area contributed by atoms with E-state index in [0.29, 0.717) is 33.2 Å². The molecule has 182 valence electrons. The van der Waals surface area contributed by atoms with E-state index in [4.69, 9.17) is 26.8 Å². The van der Waals surface area contributed by atoms with E-state index in [-0.39, 0.29) is 18.1 Å². The third-order valence-electron chi connectivity index (χ3n) is 4.43. The van der Waals surface area contributed by atoms with E-state index < -0.39 is 23.8 Å². The Hall–Kier alpha value is -3.11. The Bertz CT molecular complexity index is 1080. The molecule has 4 N–H and O–H groups in total.